The van der Waals surface area contributed by atoms with Crippen LogP contribution in [0.25, 0.3) is 0 Å². The Morgan fingerprint density at radius 2 is 1.20 bits per heavy atom. The highest BCUT2D eigenvalue weighted by atomic mass is 16.5. The van der Waals surface area contributed by atoms with Crippen LogP contribution in [0.1, 0.15) is 74.1 Å². The van der Waals surface area contributed by atoms with Crippen LogP contribution >= 0.6 is 0 Å². The average Bonchev–Trinajstić information content (AvgIpc) is 2.47. The van der Waals surface area contributed by atoms with Crippen LogP contribution in [0.4, 0.5) is 0 Å². The van der Waals surface area contributed by atoms with Gasteiger partial charge >= 0.3 is 5.97 Å². The third kappa shape index (κ3) is 24.8. The van der Waals surface area contributed by atoms with Crippen molar-refractivity contribution >= 4 is 5.97 Å². The standard InChI is InChI=1S/C12H20O2.C10H18O/c1-10(2)6-5-7-11(3)8-9-14-12(4)13;1-9(2)5-4-6-10(3)7-8-11/h6,8H,5,7,9H2,1-4H3;5,7,11H,4,6,8H2,1-3H3/b11-8+;10-7+. The van der Waals surface area contributed by atoms with Gasteiger partial charge in [0.25, 0.3) is 0 Å². The third-order valence-corrected chi connectivity index (χ3v) is 3.34. The van der Waals surface area contributed by atoms with E-state index in [2.05, 4.69) is 53.7 Å². The van der Waals surface area contributed by atoms with Gasteiger partial charge in [-0.2, -0.15) is 0 Å². The van der Waals surface area contributed by atoms with E-state index in [1.54, 1.807) is 0 Å². The molecule has 0 spiro atoms. The van der Waals surface area contributed by atoms with Crippen LogP contribution in [-0.4, -0.2) is 24.3 Å². The van der Waals surface area contributed by atoms with Crippen LogP contribution in [0.5, 0.6) is 0 Å². The van der Waals surface area contributed by atoms with E-state index in [0.717, 1.165) is 25.7 Å². The largest absolute Gasteiger partial charge is 0.462 e. The van der Waals surface area contributed by atoms with Crippen LogP contribution in [0.2, 0.25) is 0 Å². The van der Waals surface area contributed by atoms with E-state index in [4.69, 9.17) is 9.84 Å². The molecule has 0 rings (SSSR count). The molecule has 3 heteroatoms. The Labute approximate surface area is 155 Å². The van der Waals surface area contributed by atoms with Crippen LogP contribution in [0, 0.1) is 0 Å². The number of aliphatic hydroxyl groups is 1. The fourth-order valence-electron chi connectivity index (χ4n) is 1.84. The lowest BCUT2D eigenvalue weighted by atomic mass is 10.1. The normalized spacial score (nSPS) is 11.2. The summed E-state index contributed by atoms with van der Waals surface area (Å²) < 4.78 is 4.81. The highest BCUT2D eigenvalue weighted by Crippen LogP contribution is 2.06. The van der Waals surface area contributed by atoms with E-state index in [1.807, 2.05) is 12.2 Å². The predicted molar refractivity (Wildman–Crippen MR) is 109 cm³/mol. The quantitative estimate of drug-likeness (QED) is 0.415. The van der Waals surface area contributed by atoms with Crippen molar-refractivity contribution in [1.82, 2.24) is 0 Å². The molecule has 0 bridgehead atoms. The lowest BCUT2D eigenvalue weighted by Gasteiger charge is -2.00. The summed E-state index contributed by atoms with van der Waals surface area (Å²) in [6, 6.07) is 0. The minimum Gasteiger partial charge on any atom is -0.462 e. The summed E-state index contributed by atoms with van der Waals surface area (Å²) in [5.41, 5.74) is 5.24. The van der Waals surface area contributed by atoms with Crippen molar-refractivity contribution in [3.05, 3.63) is 46.6 Å². The Kier molecular flexibility index (Phi) is 17.7. The van der Waals surface area contributed by atoms with Crippen LogP contribution < -0.4 is 0 Å². The lowest BCUT2D eigenvalue weighted by Crippen LogP contribution is -1.98. The number of hydrogen-bond donors (Lipinski definition) is 1. The maximum atomic E-state index is 10.5. The molecule has 25 heavy (non-hydrogen) atoms. The molecule has 0 saturated carbocycles. The molecule has 0 aliphatic carbocycles. The number of ether oxygens (including phenoxy) is 1. The molecule has 0 saturated heterocycles. The monoisotopic (exact) mass is 350 g/mol. The molecule has 0 aromatic rings. The Bertz CT molecular complexity index is 472. The van der Waals surface area contributed by atoms with Crippen molar-refractivity contribution < 1.29 is 14.6 Å². The summed E-state index contributed by atoms with van der Waals surface area (Å²) in [5, 5.41) is 8.55. The van der Waals surface area contributed by atoms with Crippen LogP contribution in [0.15, 0.2) is 46.6 Å². The molecule has 0 aromatic heterocycles. The molecule has 0 fully saturated rings. The van der Waals surface area contributed by atoms with Crippen molar-refractivity contribution in [2.45, 2.75) is 74.1 Å². The SMILES string of the molecule is CC(=O)OC/C=C(\C)CCC=C(C)C.CC(C)=CCC/C(C)=C/CO. The van der Waals surface area contributed by atoms with Gasteiger partial charge in [-0.1, -0.05) is 40.5 Å². The minimum atomic E-state index is -0.224. The molecule has 144 valence electrons. The van der Waals surface area contributed by atoms with Crippen LogP contribution in [-0.2, 0) is 9.53 Å². The molecule has 0 amide bonds. The zero-order valence-corrected chi connectivity index (χ0v) is 17.3. The van der Waals surface area contributed by atoms with Gasteiger partial charge in [0.05, 0.1) is 6.61 Å². The smallest absolute Gasteiger partial charge is 0.302 e. The van der Waals surface area contributed by atoms with E-state index < -0.39 is 0 Å². The fourth-order valence-corrected chi connectivity index (χ4v) is 1.84. The maximum absolute atomic E-state index is 10.5. The van der Waals surface area contributed by atoms with Crippen LogP contribution in [0.3, 0.4) is 0 Å². The highest BCUT2D eigenvalue weighted by Gasteiger charge is 1.91. The van der Waals surface area contributed by atoms with E-state index in [-0.39, 0.29) is 12.6 Å². The van der Waals surface area contributed by atoms with Gasteiger partial charge in [0.15, 0.2) is 0 Å². The first-order valence-electron chi connectivity index (χ1n) is 9.01. The van der Waals surface area contributed by atoms with Crippen molar-refractivity contribution in [2.24, 2.45) is 0 Å². The molecular formula is C22H38O3. The Hall–Kier alpha value is -1.61. The molecular weight excluding hydrogens is 312 g/mol. The van der Waals surface area contributed by atoms with Gasteiger partial charge in [-0.3, -0.25) is 4.79 Å². The van der Waals surface area contributed by atoms with Gasteiger partial charge in [0.1, 0.15) is 6.61 Å². The Balaban J connectivity index is 0. The lowest BCUT2D eigenvalue weighted by molar-refractivity contribution is -0.139. The average molecular weight is 351 g/mol. The first-order valence-corrected chi connectivity index (χ1v) is 9.01. The van der Waals surface area contributed by atoms with Gasteiger partial charge in [0.2, 0.25) is 0 Å². The summed E-state index contributed by atoms with van der Waals surface area (Å²) in [6.07, 6.45) is 12.5. The summed E-state index contributed by atoms with van der Waals surface area (Å²) in [7, 11) is 0. The Morgan fingerprint density at radius 3 is 1.56 bits per heavy atom. The first-order chi connectivity index (χ1) is 11.7. The predicted octanol–water partition coefficient (Wildman–Crippen LogP) is 5.91. The first kappa shape index (κ1) is 25.6. The zero-order valence-electron chi connectivity index (χ0n) is 17.3. The number of aliphatic hydroxyl groups excluding tert-OH is 1. The van der Waals surface area contributed by atoms with Crippen molar-refractivity contribution in [2.75, 3.05) is 13.2 Å². The number of rotatable bonds is 9. The molecule has 0 atom stereocenters. The van der Waals surface area contributed by atoms with Gasteiger partial charge in [-0.25, -0.2) is 0 Å². The highest BCUT2D eigenvalue weighted by molar-refractivity contribution is 5.66. The number of esters is 1. The zero-order chi connectivity index (χ0) is 19.7. The fraction of sp³-hybridized carbons (Fsp3) is 0.591. The molecule has 0 aliphatic rings. The van der Waals surface area contributed by atoms with E-state index in [0.29, 0.717) is 6.61 Å². The number of allylic oxidation sites excluding steroid dienone is 6. The summed E-state index contributed by atoms with van der Waals surface area (Å²) >= 11 is 0. The van der Waals surface area contributed by atoms with Gasteiger partial charge in [0, 0.05) is 6.92 Å². The topological polar surface area (TPSA) is 46.5 Å². The molecule has 3 nitrogen and oxygen atoms in total. The van der Waals surface area contributed by atoms with E-state index in [1.165, 1.54) is 29.2 Å². The van der Waals surface area contributed by atoms with Crippen molar-refractivity contribution in [3.63, 3.8) is 0 Å². The maximum Gasteiger partial charge on any atom is 0.302 e. The summed E-state index contributed by atoms with van der Waals surface area (Å²) in [6.45, 7) is 14.5. The number of hydrogen-bond acceptors (Lipinski definition) is 3. The van der Waals surface area contributed by atoms with Crippen molar-refractivity contribution in [1.29, 1.82) is 0 Å². The minimum absolute atomic E-state index is 0.167. The molecule has 0 aliphatic heterocycles. The van der Waals surface area contributed by atoms with E-state index >= 15 is 0 Å². The van der Waals surface area contributed by atoms with Gasteiger partial charge < -0.3 is 9.84 Å². The molecule has 0 radical (unpaired) electrons. The Morgan fingerprint density at radius 1 is 0.760 bits per heavy atom. The second-order valence-corrected chi connectivity index (χ2v) is 6.73. The molecule has 0 unspecified atom stereocenters. The van der Waals surface area contributed by atoms with Crippen molar-refractivity contribution in [3.8, 4) is 0 Å². The third-order valence-electron chi connectivity index (χ3n) is 3.34. The molecule has 0 aromatic carbocycles. The van der Waals surface area contributed by atoms with Gasteiger partial charge in [-0.15, -0.1) is 0 Å². The molecule has 1 N–H and O–H groups in total. The van der Waals surface area contributed by atoms with Gasteiger partial charge in [-0.05, 0) is 73.3 Å². The summed E-state index contributed by atoms with van der Waals surface area (Å²) in [5.74, 6) is -0.224. The second kappa shape index (κ2) is 17.2. The second-order valence-electron chi connectivity index (χ2n) is 6.73. The molecule has 0 heterocycles. The summed E-state index contributed by atoms with van der Waals surface area (Å²) in [4.78, 5) is 10.5. The number of carbonyl (C=O) groups excluding carboxylic acids is 1. The van der Waals surface area contributed by atoms with E-state index in [9.17, 15) is 4.79 Å². The number of carbonyl (C=O) groups is 1.